The number of fused-ring (bicyclic) bond motifs is 12. The summed E-state index contributed by atoms with van der Waals surface area (Å²) in [5, 5.41) is 6.78. The summed E-state index contributed by atoms with van der Waals surface area (Å²) in [7, 11) is 0. The molecule has 0 atom stereocenters. The van der Waals surface area contributed by atoms with Gasteiger partial charge in [0.15, 0.2) is 0 Å². The summed E-state index contributed by atoms with van der Waals surface area (Å²) in [6.07, 6.45) is 0.934. The van der Waals surface area contributed by atoms with Gasteiger partial charge in [0.1, 0.15) is 22.3 Å². The smallest absolute Gasteiger partial charge is 0.145 e. The highest BCUT2D eigenvalue weighted by atomic mass is 16.3. The highest BCUT2D eigenvalue weighted by Crippen LogP contribution is 2.49. The van der Waals surface area contributed by atoms with Gasteiger partial charge in [-0.25, -0.2) is 0 Å². The zero-order valence-corrected chi connectivity index (χ0v) is 38.5. The van der Waals surface area contributed by atoms with E-state index >= 15 is 0 Å². The van der Waals surface area contributed by atoms with Crippen LogP contribution in [0.3, 0.4) is 0 Å². The molecule has 3 aromatic heterocycles. The van der Waals surface area contributed by atoms with Gasteiger partial charge >= 0.3 is 0 Å². The van der Waals surface area contributed by atoms with Gasteiger partial charge in [0, 0.05) is 55.1 Å². The third-order valence-electron chi connectivity index (χ3n) is 14.9. The van der Waals surface area contributed by atoms with Crippen molar-refractivity contribution in [2.45, 2.75) is 6.42 Å². The third kappa shape index (κ3) is 6.11. The molecule has 0 aliphatic heterocycles. The lowest BCUT2D eigenvalue weighted by Crippen LogP contribution is -2.10. The van der Waals surface area contributed by atoms with Crippen LogP contribution >= 0.6 is 0 Å². The highest BCUT2D eigenvalue weighted by Gasteiger charge is 2.25. The molecule has 4 nitrogen and oxygen atoms in total. The van der Waals surface area contributed by atoms with Crippen molar-refractivity contribution in [1.29, 1.82) is 0 Å². The Morgan fingerprint density at radius 3 is 1.73 bits per heavy atom. The molecular weight excluding hydrogens is 865 g/mol. The molecule has 0 N–H and O–H groups in total. The van der Waals surface area contributed by atoms with E-state index in [1.165, 1.54) is 55.2 Å². The first-order valence-corrected chi connectivity index (χ1v) is 24.4. The standard InChI is InChI=1S/C67H42N2O2/c1-2-15-46(16-3-1)69-60-25-9-6-18-54(60)59-41-45(32-38-61(59)69)52-37-39-62(65-57-20-8-11-27-64(57)71-67(52)65)68(47-33-28-42(29-34-47)49-21-12-23-53-50-17-5-4-14-44(50)40-58(49)53)48-35-30-43(31-36-48)51-22-13-24-56-55-19-7-10-26-63(55)70-66(51)56/h1-39,41H,40H2. The molecular formula is C67H42N2O2. The molecule has 71 heavy (non-hydrogen) atoms. The van der Waals surface area contributed by atoms with Gasteiger partial charge in [0.05, 0.1) is 22.1 Å². The monoisotopic (exact) mass is 906 g/mol. The molecule has 332 valence electrons. The van der Waals surface area contributed by atoms with Gasteiger partial charge in [-0.2, -0.15) is 0 Å². The molecule has 4 heteroatoms. The zero-order valence-electron chi connectivity index (χ0n) is 38.5. The van der Waals surface area contributed by atoms with Crippen molar-refractivity contribution in [3.8, 4) is 50.2 Å². The number of nitrogens with zero attached hydrogens (tertiary/aromatic N) is 2. The van der Waals surface area contributed by atoms with Gasteiger partial charge < -0.3 is 18.3 Å². The van der Waals surface area contributed by atoms with Crippen LogP contribution in [0.15, 0.2) is 251 Å². The van der Waals surface area contributed by atoms with E-state index in [-0.39, 0.29) is 0 Å². The predicted octanol–water partition coefficient (Wildman–Crippen LogP) is 18.6. The molecule has 0 amide bonds. The summed E-state index contributed by atoms with van der Waals surface area (Å²) >= 11 is 0. The van der Waals surface area contributed by atoms with E-state index in [4.69, 9.17) is 8.83 Å². The Morgan fingerprint density at radius 1 is 0.352 bits per heavy atom. The van der Waals surface area contributed by atoms with Crippen molar-refractivity contribution in [3.63, 3.8) is 0 Å². The Labute approximate surface area is 409 Å². The van der Waals surface area contributed by atoms with Crippen LogP contribution in [0.5, 0.6) is 0 Å². The molecule has 1 aliphatic rings. The number of benzene rings is 11. The van der Waals surface area contributed by atoms with Crippen molar-refractivity contribution >= 4 is 82.7 Å². The lowest BCUT2D eigenvalue weighted by molar-refractivity contribution is 0.669. The number of para-hydroxylation sites is 5. The lowest BCUT2D eigenvalue weighted by atomic mass is 9.95. The number of aromatic nitrogens is 1. The Balaban J connectivity index is 0.908. The van der Waals surface area contributed by atoms with E-state index in [0.717, 1.165) is 95.3 Å². The molecule has 0 unspecified atom stereocenters. The SMILES string of the molecule is c1ccc(-n2c3ccccc3c3cc(-c4ccc(N(c5ccc(-c6cccc7c6Cc6ccccc6-7)cc5)c5ccc(-c6cccc7c6oc6ccccc67)cc5)c5c4oc4ccccc45)ccc32)cc1. The van der Waals surface area contributed by atoms with E-state index < -0.39 is 0 Å². The average molecular weight is 907 g/mol. The fourth-order valence-electron chi connectivity index (χ4n) is 11.6. The average Bonchev–Trinajstić information content (AvgIpc) is 4.21. The lowest BCUT2D eigenvalue weighted by Gasteiger charge is -2.27. The first-order chi connectivity index (χ1) is 35.2. The Morgan fingerprint density at radius 2 is 0.915 bits per heavy atom. The summed E-state index contributed by atoms with van der Waals surface area (Å²) < 4.78 is 15.9. The Kier molecular flexibility index (Phi) is 8.69. The number of hydrogen-bond donors (Lipinski definition) is 0. The minimum Gasteiger partial charge on any atom is -0.455 e. The first-order valence-electron chi connectivity index (χ1n) is 24.4. The number of hydrogen-bond acceptors (Lipinski definition) is 3. The van der Waals surface area contributed by atoms with Crippen molar-refractivity contribution in [3.05, 3.63) is 254 Å². The number of rotatable bonds is 7. The maximum Gasteiger partial charge on any atom is 0.145 e. The second kappa shape index (κ2) is 15.6. The van der Waals surface area contributed by atoms with Crippen molar-refractivity contribution in [1.82, 2.24) is 4.57 Å². The van der Waals surface area contributed by atoms with Crippen molar-refractivity contribution < 1.29 is 8.83 Å². The summed E-state index contributed by atoms with van der Waals surface area (Å²) in [5.41, 5.74) is 22.3. The number of anilines is 3. The molecule has 0 fully saturated rings. The molecule has 0 bridgehead atoms. The van der Waals surface area contributed by atoms with E-state index in [0.29, 0.717) is 0 Å². The van der Waals surface area contributed by atoms with Gasteiger partial charge in [-0.3, -0.25) is 0 Å². The quantitative estimate of drug-likeness (QED) is 0.160. The first kappa shape index (κ1) is 39.6. The summed E-state index contributed by atoms with van der Waals surface area (Å²) in [6, 6.07) is 87.5. The van der Waals surface area contributed by atoms with E-state index in [1.807, 2.05) is 12.1 Å². The largest absolute Gasteiger partial charge is 0.455 e. The van der Waals surface area contributed by atoms with Gasteiger partial charge in [0.2, 0.25) is 0 Å². The molecule has 1 aliphatic carbocycles. The normalized spacial score (nSPS) is 12.2. The molecule has 0 radical (unpaired) electrons. The second-order valence-corrected chi connectivity index (χ2v) is 18.7. The van der Waals surface area contributed by atoms with Crippen LogP contribution in [0.2, 0.25) is 0 Å². The summed E-state index contributed by atoms with van der Waals surface area (Å²) in [5.74, 6) is 0. The second-order valence-electron chi connectivity index (χ2n) is 18.7. The van der Waals surface area contributed by atoms with Gasteiger partial charge in [-0.05, 0) is 130 Å². The Bertz CT molecular complexity index is 4420. The number of furan rings is 2. The minimum atomic E-state index is 0.849. The highest BCUT2D eigenvalue weighted by molar-refractivity contribution is 6.18. The molecule has 0 saturated carbocycles. The fraction of sp³-hybridized carbons (Fsp3) is 0.0149. The van der Waals surface area contributed by atoms with Crippen molar-refractivity contribution in [2.24, 2.45) is 0 Å². The van der Waals surface area contributed by atoms with E-state index in [1.54, 1.807) is 0 Å². The summed E-state index contributed by atoms with van der Waals surface area (Å²) in [6.45, 7) is 0. The van der Waals surface area contributed by atoms with Gasteiger partial charge in [-0.15, -0.1) is 0 Å². The molecule has 3 heterocycles. The maximum absolute atomic E-state index is 7.02. The van der Waals surface area contributed by atoms with Crippen LogP contribution in [0.1, 0.15) is 11.1 Å². The minimum absolute atomic E-state index is 0.849. The third-order valence-corrected chi connectivity index (χ3v) is 14.9. The molecule has 11 aromatic carbocycles. The molecule has 14 aromatic rings. The molecule has 15 rings (SSSR count). The van der Waals surface area contributed by atoms with Crippen LogP contribution < -0.4 is 4.90 Å². The van der Waals surface area contributed by atoms with Crippen LogP contribution in [-0.4, -0.2) is 4.57 Å². The van der Waals surface area contributed by atoms with E-state index in [9.17, 15) is 0 Å². The van der Waals surface area contributed by atoms with Crippen LogP contribution in [0, 0.1) is 0 Å². The molecule has 0 spiro atoms. The van der Waals surface area contributed by atoms with Gasteiger partial charge in [0.25, 0.3) is 0 Å². The van der Waals surface area contributed by atoms with Crippen LogP contribution in [-0.2, 0) is 6.42 Å². The molecule has 0 saturated heterocycles. The summed E-state index contributed by atoms with van der Waals surface area (Å²) in [4.78, 5) is 2.39. The fourth-order valence-corrected chi connectivity index (χ4v) is 11.6. The maximum atomic E-state index is 7.02. The van der Waals surface area contributed by atoms with Crippen molar-refractivity contribution in [2.75, 3.05) is 4.90 Å². The Hall–Kier alpha value is -9.38. The van der Waals surface area contributed by atoms with Crippen LogP contribution in [0.4, 0.5) is 17.1 Å². The van der Waals surface area contributed by atoms with Crippen LogP contribution in [0.25, 0.3) is 116 Å². The van der Waals surface area contributed by atoms with Gasteiger partial charge in [-0.1, -0.05) is 164 Å². The zero-order chi connectivity index (χ0) is 46.6. The predicted molar refractivity (Wildman–Crippen MR) is 295 cm³/mol. The van der Waals surface area contributed by atoms with E-state index in [2.05, 4.69) is 240 Å². The topological polar surface area (TPSA) is 34.5 Å².